The highest BCUT2D eigenvalue weighted by Crippen LogP contribution is 1.96. The van der Waals surface area contributed by atoms with Gasteiger partial charge in [0.1, 0.15) is 0 Å². The number of nitrogens with zero attached hydrogens (tertiary/aromatic N) is 2. The van der Waals surface area contributed by atoms with Gasteiger partial charge in [-0.2, -0.15) is 0 Å². The number of carbonyl (C=O) groups is 2. The van der Waals surface area contributed by atoms with Crippen molar-refractivity contribution in [2.24, 2.45) is 0 Å². The van der Waals surface area contributed by atoms with Gasteiger partial charge in [0.2, 0.25) is 11.8 Å². The molecule has 144 valence electrons. The molecule has 9 heteroatoms. The maximum atomic E-state index is 12.4. The van der Waals surface area contributed by atoms with Crippen molar-refractivity contribution < 1.29 is 28.5 Å². The fraction of sp³-hybridized carbons (Fsp3) is 0.875. The normalized spacial score (nSPS) is 24.2. The first-order valence-corrected chi connectivity index (χ1v) is 8.84. The summed E-state index contributed by atoms with van der Waals surface area (Å²) in [5.74, 6) is -0.132. The lowest BCUT2D eigenvalue weighted by Crippen LogP contribution is -2.45. The largest absolute Gasteiger partial charge is 0.377 e. The van der Waals surface area contributed by atoms with Crippen molar-refractivity contribution in [3.8, 4) is 0 Å². The van der Waals surface area contributed by atoms with Gasteiger partial charge in [0, 0.05) is 26.2 Å². The van der Waals surface area contributed by atoms with Crippen molar-refractivity contribution in [3.63, 3.8) is 0 Å². The van der Waals surface area contributed by atoms with Gasteiger partial charge >= 0.3 is 0 Å². The van der Waals surface area contributed by atoms with Gasteiger partial charge < -0.3 is 28.7 Å². The van der Waals surface area contributed by atoms with E-state index in [1.807, 2.05) is 0 Å². The maximum Gasteiger partial charge on any atom is 0.236 e. The Hall–Kier alpha value is -1.26. The number of nitrogens with one attached hydrogen (secondary N) is 1. The molecule has 0 atom stereocenters. The van der Waals surface area contributed by atoms with Gasteiger partial charge in [-0.1, -0.05) is 0 Å². The summed E-state index contributed by atoms with van der Waals surface area (Å²) in [6.07, 6.45) is 0. The monoisotopic (exact) mass is 359 g/mol. The lowest BCUT2D eigenvalue weighted by Gasteiger charge is -2.23. The highest BCUT2D eigenvalue weighted by molar-refractivity contribution is 5.81. The predicted octanol–water partition coefficient (Wildman–Crippen LogP) is -1.67. The van der Waals surface area contributed by atoms with Crippen molar-refractivity contribution in [1.82, 2.24) is 15.1 Å². The van der Waals surface area contributed by atoms with E-state index in [2.05, 4.69) is 5.32 Å². The minimum atomic E-state index is -0.0659. The Kier molecular flexibility index (Phi) is 9.75. The molecule has 0 radical (unpaired) electrons. The van der Waals surface area contributed by atoms with Gasteiger partial charge in [0.05, 0.1) is 65.9 Å². The number of fused-ring (bicyclic) bond motifs is 6. The molecule has 0 aromatic heterocycles. The van der Waals surface area contributed by atoms with E-state index in [4.69, 9.17) is 18.9 Å². The van der Waals surface area contributed by atoms with Gasteiger partial charge in [-0.05, 0) is 0 Å². The second-order valence-corrected chi connectivity index (χ2v) is 5.81. The molecule has 25 heavy (non-hydrogen) atoms. The molecule has 2 heterocycles. The third kappa shape index (κ3) is 8.10. The smallest absolute Gasteiger partial charge is 0.236 e. The number of hydrogen-bond donors (Lipinski definition) is 1. The van der Waals surface area contributed by atoms with Gasteiger partial charge in [-0.3, -0.25) is 14.9 Å². The van der Waals surface area contributed by atoms with Crippen LogP contribution in [-0.2, 0) is 28.5 Å². The summed E-state index contributed by atoms with van der Waals surface area (Å²) in [6.45, 7) is 5.84. The fourth-order valence-electron chi connectivity index (χ4n) is 2.57. The third-order valence-electron chi connectivity index (χ3n) is 4.02. The summed E-state index contributed by atoms with van der Waals surface area (Å²) in [5.41, 5.74) is 0. The number of hydrogen-bond acceptors (Lipinski definition) is 7. The zero-order valence-electron chi connectivity index (χ0n) is 14.7. The second kappa shape index (κ2) is 12.2. The van der Waals surface area contributed by atoms with Crippen LogP contribution in [0.5, 0.6) is 0 Å². The Morgan fingerprint density at radius 1 is 0.560 bits per heavy atom. The molecule has 1 N–H and O–H groups in total. The number of ether oxygens (including phenoxy) is 4. The molecule has 9 nitrogen and oxygen atoms in total. The summed E-state index contributed by atoms with van der Waals surface area (Å²) < 4.78 is 22.1. The predicted molar refractivity (Wildman–Crippen MR) is 89.3 cm³/mol. The van der Waals surface area contributed by atoms with Crippen LogP contribution in [-0.4, -0.2) is 114 Å². The Bertz CT molecular complexity index is 353. The van der Waals surface area contributed by atoms with Crippen molar-refractivity contribution in [3.05, 3.63) is 0 Å². The van der Waals surface area contributed by atoms with Crippen LogP contribution in [0.3, 0.4) is 0 Å². The topological polar surface area (TPSA) is 89.6 Å². The molecule has 0 saturated carbocycles. The number of amides is 2. The van der Waals surface area contributed by atoms with Crippen LogP contribution in [0.25, 0.3) is 0 Å². The molecular weight excluding hydrogens is 330 g/mol. The van der Waals surface area contributed by atoms with Crippen LogP contribution in [0.1, 0.15) is 0 Å². The molecule has 2 aliphatic heterocycles. The molecular formula is C16H29N3O6. The van der Waals surface area contributed by atoms with E-state index in [-0.39, 0.29) is 24.9 Å². The molecule has 2 fully saturated rings. The van der Waals surface area contributed by atoms with E-state index in [0.717, 1.165) is 0 Å². The Morgan fingerprint density at radius 2 is 0.880 bits per heavy atom. The molecule has 2 rings (SSSR count). The third-order valence-corrected chi connectivity index (χ3v) is 4.02. The molecule has 2 saturated heterocycles. The lowest BCUT2D eigenvalue weighted by atomic mass is 10.4. The van der Waals surface area contributed by atoms with Crippen LogP contribution in [0.15, 0.2) is 0 Å². The average molecular weight is 359 g/mol. The van der Waals surface area contributed by atoms with E-state index in [0.29, 0.717) is 79.0 Å². The summed E-state index contributed by atoms with van der Waals surface area (Å²) in [4.78, 5) is 28.1. The average Bonchev–Trinajstić information content (AvgIpc) is 2.61. The number of rotatable bonds is 0. The van der Waals surface area contributed by atoms with Crippen LogP contribution in [0.2, 0.25) is 0 Å². The summed E-state index contributed by atoms with van der Waals surface area (Å²) in [7, 11) is 0. The first-order chi connectivity index (χ1) is 12.3. The van der Waals surface area contributed by atoms with E-state index < -0.39 is 0 Å². The molecule has 0 aromatic carbocycles. The summed E-state index contributed by atoms with van der Waals surface area (Å²) in [5, 5.41) is 2.94. The first-order valence-electron chi connectivity index (χ1n) is 8.84. The number of carbonyl (C=O) groups excluding carboxylic acids is 2. The first kappa shape index (κ1) is 20.1. The summed E-state index contributed by atoms with van der Waals surface area (Å²) >= 11 is 0. The second-order valence-electron chi connectivity index (χ2n) is 5.81. The maximum absolute atomic E-state index is 12.4. The van der Waals surface area contributed by atoms with E-state index in [1.54, 1.807) is 9.80 Å². The lowest BCUT2D eigenvalue weighted by molar-refractivity contribution is -0.132. The molecule has 0 spiro atoms. The molecule has 2 bridgehead atoms. The van der Waals surface area contributed by atoms with Crippen molar-refractivity contribution in [1.29, 1.82) is 0 Å². The van der Waals surface area contributed by atoms with Gasteiger partial charge in [0.15, 0.2) is 0 Å². The highest BCUT2D eigenvalue weighted by Gasteiger charge is 2.17. The van der Waals surface area contributed by atoms with Crippen molar-refractivity contribution >= 4 is 11.8 Å². The van der Waals surface area contributed by atoms with Crippen LogP contribution < -0.4 is 5.32 Å². The van der Waals surface area contributed by atoms with E-state index in [1.165, 1.54) is 0 Å². The zero-order valence-corrected chi connectivity index (χ0v) is 14.7. The Balaban J connectivity index is 2.03. The van der Waals surface area contributed by atoms with Crippen LogP contribution in [0, 0.1) is 0 Å². The minimum Gasteiger partial charge on any atom is -0.377 e. The standard InChI is InChI=1S/C16H29N3O6/c20-15-13-17-14-16(21)19-3-7-24-10-9-22-5-1-18(15)2-6-23-11-12-25-8-4-19/h17H,1-14H2. The highest BCUT2D eigenvalue weighted by atomic mass is 16.5. The molecule has 2 aliphatic rings. The Labute approximate surface area is 148 Å². The quantitative estimate of drug-likeness (QED) is 0.517. The molecule has 0 aromatic rings. The van der Waals surface area contributed by atoms with Gasteiger partial charge in [-0.15, -0.1) is 0 Å². The minimum absolute atomic E-state index is 0.0659. The van der Waals surface area contributed by atoms with Crippen molar-refractivity contribution in [2.75, 3.05) is 92.1 Å². The van der Waals surface area contributed by atoms with Crippen molar-refractivity contribution in [2.45, 2.75) is 0 Å². The fourth-order valence-corrected chi connectivity index (χ4v) is 2.57. The van der Waals surface area contributed by atoms with Crippen LogP contribution >= 0.6 is 0 Å². The Morgan fingerprint density at radius 3 is 1.20 bits per heavy atom. The molecule has 0 aliphatic carbocycles. The SMILES string of the molecule is O=C1CNCC(=O)N2CCOCCOCCN1CCOCCOCC2. The van der Waals surface area contributed by atoms with E-state index in [9.17, 15) is 9.59 Å². The van der Waals surface area contributed by atoms with Gasteiger partial charge in [0.25, 0.3) is 0 Å². The van der Waals surface area contributed by atoms with E-state index >= 15 is 0 Å². The zero-order chi connectivity index (χ0) is 17.7. The van der Waals surface area contributed by atoms with Crippen LogP contribution in [0.4, 0.5) is 0 Å². The molecule has 2 amide bonds. The molecule has 0 unspecified atom stereocenters. The van der Waals surface area contributed by atoms with Gasteiger partial charge in [-0.25, -0.2) is 0 Å². The summed E-state index contributed by atoms with van der Waals surface area (Å²) in [6, 6.07) is 0.